The largest absolute Gasteiger partial charge is 0.598 e. The highest BCUT2D eigenvalue weighted by Crippen LogP contribution is 2.03. The third kappa shape index (κ3) is 11.7. The van der Waals surface area contributed by atoms with E-state index in [2.05, 4.69) is 4.72 Å². The first kappa shape index (κ1) is 14.7. The van der Waals surface area contributed by atoms with E-state index in [0.29, 0.717) is 13.0 Å². The van der Waals surface area contributed by atoms with Crippen molar-refractivity contribution in [2.75, 3.05) is 19.4 Å². The van der Waals surface area contributed by atoms with E-state index in [-0.39, 0.29) is 5.97 Å². The predicted octanol–water partition coefficient (Wildman–Crippen LogP) is 1.38. The minimum absolute atomic E-state index is 0.106. The lowest BCUT2D eigenvalue weighted by Gasteiger charge is -2.05. The van der Waals surface area contributed by atoms with Crippen LogP contribution in [0.15, 0.2) is 0 Å². The monoisotopic (exact) mass is 235 g/mol. The van der Waals surface area contributed by atoms with Crippen molar-refractivity contribution in [1.29, 1.82) is 0 Å². The zero-order valence-electron chi connectivity index (χ0n) is 9.58. The Morgan fingerprint density at radius 2 is 2.00 bits per heavy atom. The molecular formula is C10H21NO3S. The van der Waals surface area contributed by atoms with Gasteiger partial charge in [-0.3, -0.25) is 4.79 Å². The molecule has 1 N–H and O–H groups in total. The van der Waals surface area contributed by atoms with Crippen LogP contribution in [0.4, 0.5) is 0 Å². The van der Waals surface area contributed by atoms with Gasteiger partial charge >= 0.3 is 5.97 Å². The molecule has 0 fully saturated rings. The summed E-state index contributed by atoms with van der Waals surface area (Å²) in [6.07, 6.45) is 6.11. The molecule has 0 saturated carbocycles. The van der Waals surface area contributed by atoms with Gasteiger partial charge in [-0.2, -0.15) is 0 Å². The minimum Gasteiger partial charge on any atom is -0.598 e. The number of esters is 1. The van der Waals surface area contributed by atoms with E-state index in [9.17, 15) is 9.35 Å². The lowest BCUT2D eigenvalue weighted by atomic mass is 10.1. The Bertz CT molecular complexity index is 165. The fourth-order valence-corrected chi connectivity index (χ4v) is 1.63. The van der Waals surface area contributed by atoms with Crippen molar-refractivity contribution in [2.24, 2.45) is 0 Å². The second-order valence-corrected chi connectivity index (χ2v) is 4.51. The molecule has 0 aromatic carbocycles. The molecule has 0 amide bonds. The first-order chi connectivity index (χ1) is 7.16. The number of carbonyl (C=O) groups is 1. The van der Waals surface area contributed by atoms with Crippen molar-refractivity contribution in [1.82, 2.24) is 4.72 Å². The zero-order chi connectivity index (χ0) is 11.5. The standard InChI is InChI=1S/C10H21NO3S/c1-3-14-10(12)8-6-4-5-7-9-11-15(2)13/h11H,3-9H2,1-2H3. The van der Waals surface area contributed by atoms with E-state index in [1.54, 1.807) is 6.26 Å². The predicted molar refractivity (Wildman–Crippen MR) is 61.8 cm³/mol. The van der Waals surface area contributed by atoms with E-state index in [4.69, 9.17) is 4.74 Å². The lowest BCUT2D eigenvalue weighted by molar-refractivity contribution is -0.143. The van der Waals surface area contributed by atoms with E-state index in [1.165, 1.54) is 0 Å². The van der Waals surface area contributed by atoms with Crippen molar-refractivity contribution >= 4 is 17.3 Å². The van der Waals surface area contributed by atoms with Crippen LogP contribution in [0.2, 0.25) is 0 Å². The minimum atomic E-state index is -0.907. The van der Waals surface area contributed by atoms with Crippen LogP contribution in [0.1, 0.15) is 39.0 Å². The summed E-state index contributed by atoms with van der Waals surface area (Å²) in [5.41, 5.74) is 0. The third-order valence-corrected chi connectivity index (χ3v) is 2.53. The molecule has 0 aromatic heterocycles. The molecule has 0 aliphatic carbocycles. The Morgan fingerprint density at radius 1 is 1.33 bits per heavy atom. The number of ether oxygens (including phenoxy) is 1. The molecule has 5 heteroatoms. The second kappa shape index (κ2) is 10.3. The zero-order valence-corrected chi connectivity index (χ0v) is 10.4. The van der Waals surface area contributed by atoms with Crippen LogP contribution in [-0.2, 0) is 20.9 Å². The molecule has 0 radical (unpaired) electrons. The van der Waals surface area contributed by atoms with Gasteiger partial charge in [-0.05, 0) is 19.8 Å². The van der Waals surface area contributed by atoms with Gasteiger partial charge in [0.25, 0.3) is 0 Å². The molecule has 0 aromatic rings. The van der Waals surface area contributed by atoms with Crippen LogP contribution in [-0.4, -0.2) is 29.9 Å². The highest BCUT2D eigenvalue weighted by Gasteiger charge is 2.00. The summed E-state index contributed by atoms with van der Waals surface area (Å²) in [4.78, 5) is 10.9. The average Bonchev–Trinajstić information content (AvgIpc) is 2.16. The van der Waals surface area contributed by atoms with Crippen LogP contribution in [0.25, 0.3) is 0 Å². The molecular weight excluding hydrogens is 214 g/mol. The maximum absolute atomic E-state index is 10.9. The van der Waals surface area contributed by atoms with Crippen LogP contribution in [0.3, 0.4) is 0 Å². The van der Waals surface area contributed by atoms with Crippen molar-refractivity contribution in [3.63, 3.8) is 0 Å². The van der Waals surface area contributed by atoms with Gasteiger partial charge in [-0.1, -0.05) is 12.8 Å². The molecule has 1 unspecified atom stereocenters. The number of nitrogens with one attached hydrogen (secondary N) is 1. The van der Waals surface area contributed by atoms with Gasteiger partial charge in [0.15, 0.2) is 0 Å². The molecule has 0 saturated heterocycles. The maximum Gasteiger partial charge on any atom is 0.305 e. The SMILES string of the molecule is CCOC(=O)CCCCCCN[S+](C)[O-]. The average molecular weight is 235 g/mol. The van der Waals surface area contributed by atoms with Crippen LogP contribution >= 0.6 is 0 Å². The van der Waals surface area contributed by atoms with E-state index >= 15 is 0 Å². The van der Waals surface area contributed by atoms with Crippen molar-refractivity contribution in [3.8, 4) is 0 Å². The van der Waals surface area contributed by atoms with Crippen LogP contribution in [0, 0.1) is 0 Å². The topological polar surface area (TPSA) is 61.4 Å². The highest BCUT2D eigenvalue weighted by molar-refractivity contribution is 7.88. The van der Waals surface area contributed by atoms with Gasteiger partial charge in [-0.15, -0.1) is 4.72 Å². The lowest BCUT2D eigenvalue weighted by Crippen LogP contribution is -2.22. The summed E-state index contributed by atoms with van der Waals surface area (Å²) in [5.74, 6) is -0.106. The Balaban J connectivity index is 3.08. The van der Waals surface area contributed by atoms with Gasteiger partial charge in [0, 0.05) is 24.3 Å². The molecule has 0 aliphatic heterocycles. The van der Waals surface area contributed by atoms with Gasteiger partial charge in [-0.25, -0.2) is 0 Å². The van der Waals surface area contributed by atoms with E-state index in [1.807, 2.05) is 6.92 Å². The summed E-state index contributed by atoms with van der Waals surface area (Å²) in [6.45, 7) is 3.06. The molecule has 0 rings (SSSR count). The first-order valence-corrected chi connectivity index (χ1v) is 6.95. The number of hydrogen-bond donors (Lipinski definition) is 1. The fourth-order valence-electron chi connectivity index (χ4n) is 1.20. The summed E-state index contributed by atoms with van der Waals surface area (Å²) in [7, 11) is 0. The summed E-state index contributed by atoms with van der Waals surface area (Å²) in [5, 5.41) is 0. The molecule has 1 atom stereocenters. The normalized spacial score (nSPS) is 12.5. The van der Waals surface area contributed by atoms with Gasteiger partial charge in [0.2, 0.25) is 0 Å². The maximum atomic E-state index is 10.9. The van der Waals surface area contributed by atoms with Crippen LogP contribution < -0.4 is 4.72 Å². The van der Waals surface area contributed by atoms with Gasteiger partial charge in [0.05, 0.1) is 6.61 Å². The van der Waals surface area contributed by atoms with Crippen molar-refractivity contribution < 1.29 is 14.1 Å². The van der Waals surface area contributed by atoms with Crippen molar-refractivity contribution in [2.45, 2.75) is 39.0 Å². The number of carbonyl (C=O) groups excluding carboxylic acids is 1. The summed E-state index contributed by atoms with van der Waals surface area (Å²) < 4.78 is 18.3. The summed E-state index contributed by atoms with van der Waals surface area (Å²) in [6, 6.07) is 0. The Hall–Kier alpha value is -0.260. The molecule has 0 aliphatic rings. The van der Waals surface area contributed by atoms with E-state index < -0.39 is 11.4 Å². The molecule has 0 spiro atoms. The smallest absolute Gasteiger partial charge is 0.305 e. The molecule has 4 nitrogen and oxygen atoms in total. The molecule has 0 heterocycles. The Labute approximate surface area is 95.1 Å². The number of rotatable bonds is 9. The second-order valence-electron chi connectivity index (χ2n) is 3.32. The quantitative estimate of drug-likeness (QED) is 0.372. The summed E-state index contributed by atoms with van der Waals surface area (Å²) >= 11 is -0.907. The molecule has 0 bridgehead atoms. The number of unbranched alkanes of at least 4 members (excludes halogenated alkanes) is 3. The fraction of sp³-hybridized carbons (Fsp3) is 0.900. The number of hydrogen-bond acceptors (Lipinski definition) is 4. The molecule has 15 heavy (non-hydrogen) atoms. The Kier molecular flexibility index (Phi) is 10.1. The third-order valence-electron chi connectivity index (χ3n) is 1.92. The highest BCUT2D eigenvalue weighted by atomic mass is 32.2. The first-order valence-electron chi connectivity index (χ1n) is 5.39. The van der Waals surface area contributed by atoms with Gasteiger partial charge < -0.3 is 9.29 Å². The van der Waals surface area contributed by atoms with E-state index in [0.717, 1.165) is 32.2 Å². The van der Waals surface area contributed by atoms with Crippen molar-refractivity contribution in [3.05, 3.63) is 0 Å². The Morgan fingerprint density at radius 3 is 2.60 bits per heavy atom. The van der Waals surface area contributed by atoms with Crippen LogP contribution in [0.5, 0.6) is 0 Å². The molecule has 90 valence electrons. The van der Waals surface area contributed by atoms with Gasteiger partial charge in [0.1, 0.15) is 6.26 Å².